The van der Waals surface area contributed by atoms with Crippen molar-refractivity contribution in [2.24, 2.45) is 5.16 Å². The highest BCUT2D eigenvalue weighted by Gasteiger charge is 2.17. The van der Waals surface area contributed by atoms with Crippen LogP contribution in [0.15, 0.2) is 5.16 Å². The number of ketones is 1. The van der Waals surface area contributed by atoms with Crippen LogP contribution < -0.4 is 0 Å². The van der Waals surface area contributed by atoms with E-state index in [9.17, 15) is 14.0 Å². The summed E-state index contributed by atoms with van der Waals surface area (Å²) in [4.78, 5) is 25.9. The Morgan fingerprint density at radius 2 is 2.08 bits per heavy atom. The van der Waals surface area contributed by atoms with Gasteiger partial charge in [0.2, 0.25) is 5.71 Å². The van der Waals surface area contributed by atoms with E-state index in [2.05, 4.69) is 14.7 Å². The predicted molar refractivity (Wildman–Crippen MR) is 42.1 cm³/mol. The van der Waals surface area contributed by atoms with E-state index in [1.54, 1.807) is 0 Å². The van der Waals surface area contributed by atoms with Crippen molar-refractivity contribution < 1.29 is 23.6 Å². The Labute approximate surface area is 74.5 Å². The Hall–Kier alpha value is -1.46. The fraction of sp³-hybridized carbons (Fsp3) is 0.571. The summed E-state index contributed by atoms with van der Waals surface area (Å²) in [5.74, 6) is -1.49. The SMILES string of the molecule is COC(=O)/C(=N\OCCF)C(C)=O. The lowest BCUT2D eigenvalue weighted by Crippen LogP contribution is -2.23. The molecule has 0 aliphatic rings. The van der Waals surface area contributed by atoms with Crippen molar-refractivity contribution >= 4 is 17.5 Å². The summed E-state index contributed by atoms with van der Waals surface area (Å²) in [6.07, 6.45) is 0. The molecular formula is C7H10FNO4. The number of carbonyl (C=O) groups is 2. The molecule has 0 amide bonds. The third kappa shape index (κ3) is 4.19. The normalized spacial score (nSPS) is 10.8. The van der Waals surface area contributed by atoms with Gasteiger partial charge in [0.1, 0.15) is 13.3 Å². The van der Waals surface area contributed by atoms with E-state index >= 15 is 0 Å². The number of hydrogen-bond donors (Lipinski definition) is 0. The molecule has 0 saturated heterocycles. The zero-order valence-corrected chi connectivity index (χ0v) is 7.37. The number of rotatable bonds is 5. The van der Waals surface area contributed by atoms with Gasteiger partial charge < -0.3 is 9.57 Å². The average Bonchev–Trinajstić information content (AvgIpc) is 2.11. The van der Waals surface area contributed by atoms with E-state index in [1.165, 1.54) is 0 Å². The highest BCUT2D eigenvalue weighted by Crippen LogP contribution is 1.88. The van der Waals surface area contributed by atoms with Gasteiger partial charge >= 0.3 is 5.97 Å². The highest BCUT2D eigenvalue weighted by atomic mass is 19.1. The molecule has 0 atom stereocenters. The minimum absolute atomic E-state index is 0.298. The van der Waals surface area contributed by atoms with Gasteiger partial charge in [-0.15, -0.1) is 0 Å². The molecule has 0 saturated carbocycles. The number of carbonyl (C=O) groups excluding carboxylic acids is 2. The molecule has 6 heteroatoms. The molecule has 0 spiro atoms. The number of oxime groups is 1. The molecule has 13 heavy (non-hydrogen) atoms. The van der Waals surface area contributed by atoms with Gasteiger partial charge in [0.05, 0.1) is 7.11 Å². The van der Waals surface area contributed by atoms with Crippen LogP contribution >= 0.6 is 0 Å². The number of hydrogen-bond acceptors (Lipinski definition) is 5. The molecule has 0 aromatic rings. The first-order valence-corrected chi connectivity index (χ1v) is 3.48. The molecule has 0 aromatic heterocycles. The smallest absolute Gasteiger partial charge is 0.363 e. The summed E-state index contributed by atoms with van der Waals surface area (Å²) >= 11 is 0. The standard InChI is InChI=1S/C7H10FNO4/c1-5(10)6(7(11)12-2)9-13-4-3-8/h3-4H2,1-2H3/b9-6-. The van der Waals surface area contributed by atoms with Crippen molar-refractivity contribution in [1.29, 1.82) is 0 Å². The second kappa shape index (κ2) is 6.10. The first-order chi connectivity index (χ1) is 6.13. The fourth-order valence-corrected chi connectivity index (χ4v) is 0.487. The number of alkyl halides is 1. The topological polar surface area (TPSA) is 65.0 Å². The third-order valence-electron chi connectivity index (χ3n) is 1.04. The van der Waals surface area contributed by atoms with Gasteiger partial charge in [-0.1, -0.05) is 5.16 Å². The Kier molecular flexibility index (Phi) is 5.42. The molecule has 0 aromatic carbocycles. The van der Waals surface area contributed by atoms with Gasteiger partial charge in [0.15, 0.2) is 5.78 Å². The van der Waals surface area contributed by atoms with Gasteiger partial charge in [-0.05, 0) is 0 Å². The molecule has 0 rings (SSSR count). The van der Waals surface area contributed by atoms with Crippen molar-refractivity contribution in [1.82, 2.24) is 0 Å². The van der Waals surface area contributed by atoms with Gasteiger partial charge in [-0.2, -0.15) is 0 Å². The van der Waals surface area contributed by atoms with Crippen LogP contribution in [0.5, 0.6) is 0 Å². The molecule has 0 N–H and O–H groups in total. The van der Waals surface area contributed by atoms with Gasteiger partial charge in [-0.3, -0.25) is 4.79 Å². The maximum atomic E-state index is 11.5. The molecule has 0 heterocycles. The summed E-state index contributed by atoms with van der Waals surface area (Å²) in [5.41, 5.74) is -0.476. The van der Waals surface area contributed by atoms with E-state index in [1.807, 2.05) is 0 Å². The number of Topliss-reactive ketones (excluding diaryl/α,β-unsaturated/α-hetero) is 1. The first-order valence-electron chi connectivity index (χ1n) is 3.48. The summed E-state index contributed by atoms with van der Waals surface area (Å²) in [7, 11) is 1.11. The van der Waals surface area contributed by atoms with Crippen molar-refractivity contribution in [3.63, 3.8) is 0 Å². The second-order valence-electron chi connectivity index (χ2n) is 2.01. The second-order valence-corrected chi connectivity index (χ2v) is 2.01. The fourth-order valence-electron chi connectivity index (χ4n) is 0.487. The average molecular weight is 191 g/mol. The molecule has 0 unspecified atom stereocenters. The predicted octanol–water partition coefficient (Wildman–Crippen LogP) is 0.0905. The van der Waals surface area contributed by atoms with E-state index in [0.717, 1.165) is 14.0 Å². The molecular weight excluding hydrogens is 181 g/mol. The highest BCUT2D eigenvalue weighted by molar-refractivity contribution is 6.63. The van der Waals surface area contributed by atoms with Crippen molar-refractivity contribution in [2.75, 3.05) is 20.4 Å². The number of methoxy groups -OCH3 is 1. The van der Waals surface area contributed by atoms with Crippen molar-refractivity contribution in [3.8, 4) is 0 Å². The Bertz CT molecular complexity index is 227. The quantitative estimate of drug-likeness (QED) is 0.203. The van der Waals surface area contributed by atoms with Crippen LogP contribution in [0.4, 0.5) is 4.39 Å². The summed E-state index contributed by atoms with van der Waals surface area (Å²) < 4.78 is 15.8. The molecule has 0 bridgehead atoms. The number of esters is 1. The zero-order chi connectivity index (χ0) is 10.3. The first kappa shape index (κ1) is 11.5. The molecule has 0 radical (unpaired) electrons. The summed E-state index contributed by atoms with van der Waals surface area (Å²) in [6.45, 7) is 0.0954. The Balaban J connectivity index is 4.32. The number of nitrogens with zero attached hydrogens (tertiary/aromatic N) is 1. The molecule has 0 fully saturated rings. The lowest BCUT2D eigenvalue weighted by atomic mass is 10.3. The minimum Gasteiger partial charge on any atom is -0.464 e. The lowest BCUT2D eigenvalue weighted by Gasteiger charge is -1.99. The van der Waals surface area contributed by atoms with Crippen LogP contribution in [0.25, 0.3) is 0 Å². The molecule has 0 aliphatic carbocycles. The molecule has 74 valence electrons. The van der Waals surface area contributed by atoms with Crippen LogP contribution in [-0.4, -0.2) is 37.9 Å². The van der Waals surface area contributed by atoms with Gasteiger partial charge in [0.25, 0.3) is 0 Å². The van der Waals surface area contributed by atoms with E-state index in [4.69, 9.17) is 0 Å². The van der Waals surface area contributed by atoms with Crippen LogP contribution in [0.3, 0.4) is 0 Å². The monoisotopic (exact) mass is 191 g/mol. The summed E-state index contributed by atoms with van der Waals surface area (Å²) in [5, 5.41) is 3.14. The number of halogens is 1. The minimum atomic E-state index is -0.897. The summed E-state index contributed by atoms with van der Waals surface area (Å²) in [6, 6.07) is 0. The van der Waals surface area contributed by atoms with E-state index < -0.39 is 24.1 Å². The van der Waals surface area contributed by atoms with Crippen LogP contribution in [-0.2, 0) is 19.2 Å². The zero-order valence-electron chi connectivity index (χ0n) is 7.37. The Morgan fingerprint density at radius 1 is 1.46 bits per heavy atom. The van der Waals surface area contributed by atoms with Gasteiger partial charge in [0, 0.05) is 6.92 Å². The maximum absolute atomic E-state index is 11.5. The Morgan fingerprint density at radius 3 is 2.46 bits per heavy atom. The molecule has 0 aliphatic heterocycles. The van der Waals surface area contributed by atoms with Crippen LogP contribution in [0.2, 0.25) is 0 Å². The van der Waals surface area contributed by atoms with Gasteiger partial charge in [-0.25, -0.2) is 9.18 Å². The van der Waals surface area contributed by atoms with Crippen molar-refractivity contribution in [2.45, 2.75) is 6.92 Å². The van der Waals surface area contributed by atoms with E-state index in [-0.39, 0.29) is 6.61 Å². The van der Waals surface area contributed by atoms with Crippen LogP contribution in [0.1, 0.15) is 6.92 Å². The molecule has 5 nitrogen and oxygen atoms in total. The number of ether oxygens (including phenoxy) is 1. The maximum Gasteiger partial charge on any atom is 0.363 e. The van der Waals surface area contributed by atoms with Crippen molar-refractivity contribution in [3.05, 3.63) is 0 Å². The lowest BCUT2D eigenvalue weighted by molar-refractivity contribution is -0.133. The third-order valence-corrected chi connectivity index (χ3v) is 1.04. The van der Waals surface area contributed by atoms with Crippen LogP contribution in [0, 0.1) is 0 Å². The largest absolute Gasteiger partial charge is 0.464 e. The van der Waals surface area contributed by atoms with E-state index in [0.29, 0.717) is 0 Å².